The number of halogens is 3. The molecule has 0 N–H and O–H groups in total. The van der Waals surface area contributed by atoms with Gasteiger partial charge in [-0.15, -0.1) is 11.6 Å². The molecule has 3 aromatic carbocycles. The van der Waals surface area contributed by atoms with E-state index in [0.717, 1.165) is 26.5 Å². The number of hydrogen-bond acceptors (Lipinski definition) is 0. The van der Waals surface area contributed by atoms with Crippen molar-refractivity contribution < 1.29 is 4.39 Å². The van der Waals surface area contributed by atoms with Crippen LogP contribution in [0.3, 0.4) is 0 Å². The molecular weight excluding hydrogens is 351 g/mol. The summed E-state index contributed by atoms with van der Waals surface area (Å²) < 4.78 is 14.9. The van der Waals surface area contributed by atoms with Crippen molar-refractivity contribution in [3.05, 3.63) is 81.6 Å². The lowest BCUT2D eigenvalue weighted by Crippen LogP contribution is -1.96. The van der Waals surface area contributed by atoms with Crippen molar-refractivity contribution in [3.8, 4) is 0 Å². The fourth-order valence-corrected chi connectivity index (χ4v) is 3.54. The molecular formula is C18H13BrClF. The average Bonchev–Trinajstić information content (AvgIpc) is 2.46. The molecule has 0 bridgehead atoms. The van der Waals surface area contributed by atoms with Gasteiger partial charge in [0, 0.05) is 9.86 Å². The summed E-state index contributed by atoms with van der Waals surface area (Å²) in [4.78, 5) is 0. The van der Waals surface area contributed by atoms with Crippen molar-refractivity contribution in [1.29, 1.82) is 0 Å². The molecule has 3 aromatic rings. The second kappa shape index (κ2) is 5.78. The maximum atomic E-state index is 13.9. The van der Waals surface area contributed by atoms with Crippen LogP contribution in [0.15, 0.2) is 59.1 Å². The van der Waals surface area contributed by atoms with Gasteiger partial charge < -0.3 is 0 Å². The summed E-state index contributed by atoms with van der Waals surface area (Å²) in [6.07, 6.45) is 0. The second-order valence-corrected chi connectivity index (χ2v) is 6.46. The van der Waals surface area contributed by atoms with Crippen LogP contribution in [0.2, 0.25) is 0 Å². The fraction of sp³-hybridized carbons (Fsp3) is 0.111. The Bertz CT molecular complexity index is 793. The number of hydrogen-bond donors (Lipinski definition) is 0. The van der Waals surface area contributed by atoms with Gasteiger partial charge in [-0.25, -0.2) is 4.39 Å². The Morgan fingerprint density at radius 2 is 1.71 bits per heavy atom. The van der Waals surface area contributed by atoms with E-state index in [9.17, 15) is 4.39 Å². The van der Waals surface area contributed by atoms with Gasteiger partial charge in [0.05, 0.1) is 5.38 Å². The Labute approximate surface area is 136 Å². The third-order valence-electron chi connectivity index (χ3n) is 3.53. The molecule has 3 heteroatoms. The zero-order valence-corrected chi connectivity index (χ0v) is 13.7. The molecule has 0 aliphatic carbocycles. The highest BCUT2D eigenvalue weighted by Gasteiger charge is 2.16. The standard InChI is InChI=1S/C18H13BrClF/c1-11-8-12(10-13(19)9-11)18(20)16-6-7-17(21)15-5-3-2-4-14(15)16/h2-10,18H,1H3. The minimum atomic E-state index is -0.313. The monoisotopic (exact) mass is 362 g/mol. The van der Waals surface area contributed by atoms with Crippen LogP contribution in [0.4, 0.5) is 4.39 Å². The molecule has 0 aliphatic rings. The summed E-state index contributed by atoms with van der Waals surface area (Å²) in [5.74, 6) is -0.219. The van der Waals surface area contributed by atoms with Crippen molar-refractivity contribution in [1.82, 2.24) is 0 Å². The quantitative estimate of drug-likeness (QED) is 0.463. The van der Waals surface area contributed by atoms with E-state index in [2.05, 4.69) is 22.0 Å². The minimum absolute atomic E-state index is 0.219. The lowest BCUT2D eigenvalue weighted by atomic mass is 9.97. The summed E-state index contributed by atoms with van der Waals surface area (Å²) in [5.41, 5.74) is 3.06. The third kappa shape index (κ3) is 2.83. The smallest absolute Gasteiger partial charge is 0.131 e. The van der Waals surface area contributed by atoms with Crippen molar-refractivity contribution in [2.75, 3.05) is 0 Å². The van der Waals surface area contributed by atoms with Crippen LogP contribution >= 0.6 is 27.5 Å². The van der Waals surface area contributed by atoms with Crippen molar-refractivity contribution >= 4 is 38.3 Å². The molecule has 0 spiro atoms. The van der Waals surface area contributed by atoms with Gasteiger partial charge in [-0.3, -0.25) is 0 Å². The zero-order chi connectivity index (χ0) is 15.0. The van der Waals surface area contributed by atoms with E-state index in [1.54, 1.807) is 12.1 Å². The van der Waals surface area contributed by atoms with Crippen molar-refractivity contribution in [3.63, 3.8) is 0 Å². The van der Waals surface area contributed by atoms with Crippen LogP contribution in [0.1, 0.15) is 22.1 Å². The number of benzene rings is 3. The van der Waals surface area contributed by atoms with E-state index >= 15 is 0 Å². The normalized spacial score (nSPS) is 12.6. The summed E-state index contributed by atoms with van der Waals surface area (Å²) in [5, 5.41) is 1.15. The first kappa shape index (κ1) is 14.6. The predicted molar refractivity (Wildman–Crippen MR) is 90.5 cm³/mol. The van der Waals surface area contributed by atoms with E-state index in [0.29, 0.717) is 5.39 Å². The first-order valence-electron chi connectivity index (χ1n) is 6.64. The molecule has 1 atom stereocenters. The highest BCUT2D eigenvalue weighted by Crippen LogP contribution is 2.36. The summed E-state index contributed by atoms with van der Waals surface area (Å²) in [6, 6.07) is 16.8. The first-order chi connectivity index (χ1) is 10.1. The van der Waals surface area contributed by atoms with Gasteiger partial charge in [-0.1, -0.05) is 52.3 Å². The number of fused-ring (bicyclic) bond motifs is 1. The summed E-state index contributed by atoms with van der Waals surface area (Å²) in [6.45, 7) is 2.03. The molecule has 21 heavy (non-hydrogen) atoms. The molecule has 0 saturated carbocycles. The van der Waals surface area contributed by atoms with E-state index in [1.807, 2.05) is 37.3 Å². The Balaban J connectivity index is 2.18. The maximum Gasteiger partial charge on any atom is 0.131 e. The molecule has 3 rings (SSSR count). The van der Waals surface area contributed by atoms with Crippen LogP contribution in [0.5, 0.6) is 0 Å². The third-order valence-corrected chi connectivity index (χ3v) is 4.48. The highest BCUT2D eigenvalue weighted by atomic mass is 79.9. The number of alkyl halides is 1. The number of aryl methyl sites for hydroxylation is 1. The van der Waals surface area contributed by atoms with Gasteiger partial charge in [0.2, 0.25) is 0 Å². The molecule has 0 amide bonds. The van der Waals surface area contributed by atoms with Crippen molar-refractivity contribution in [2.45, 2.75) is 12.3 Å². The topological polar surface area (TPSA) is 0 Å². The average molecular weight is 364 g/mol. The largest absolute Gasteiger partial charge is 0.206 e. The van der Waals surface area contributed by atoms with E-state index in [1.165, 1.54) is 6.07 Å². The van der Waals surface area contributed by atoms with Gasteiger partial charge in [-0.2, -0.15) is 0 Å². The molecule has 0 heterocycles. The van der Waals surface area contributed by atoms with Gasteiger partial charge >= 0.3 is 0 Å². The molecule has 106 valence electrons. The molecule has 0 aromatic heterocycles. The second-order valence-electron chi connectivity index (χ2n) is 5.11. The SMILES string of the molecule is Cc1cc(Br)cc(C(Cl)c2ccc(F)c3ccccc23)c1. The Kier molecular flexibility index (Phi) is 4.01. The first-order valence-corrected chi connectivity index (χ1v) is 7.87. The Hall–Kier alpha value is -1.38. The van der Waals surface area contributed by atoms with Gasteiger partial charge in [-0.05, 0) is 47.2 Å². The van der Waals surface area contributed by atoms with Crippen LogP contribution < -0.4 is 0 Å². The Morgan fingerprint density at radius 3 is 2.43 bits per heavy atom. The van der Waals surface area contributed by atoms with Gasteiger partial charge in [0.15, 0.2) is 0 Å². The molecule has 0 nitrogen and oxygen atoms in total. The molecule has 0 radical (unpaired) electrons. The van der Waals surface area contributed by atoms with Crippen LogP contribution in [0, 0.1) is 12.7 Å². The van der Waals surface area contributed by atoms with Crippen LogP contribution in [-0.4, -0.2) is 0 Å². The lowest BCUT2D eigenvalue weighted by molar-refractivity contribution is 0.639. The molecule has 0 saturated heterocycles. The molecule has 1 unspecified atom stereocenters. The maximum absolute atomic E-state index is 13.9. The van der Waals surface area contributed by atoms with Gasteiger partial charge in [0.25, 0.3) is 0 Å². The van der Waals surface area contributed by atoms with E-state index < -0.39 is 0 Å². The predicted octanol–water partition coefficient (Wildman–Crippen LogP) is 6.38. The summed E-state index contributed by atoms with van der Waals surface area (Å²) >= 11 is 10.2. The Morgan fingerprint density at radius 1 is 1.00 bits per heavy atom. The van der Waals surface area contributed by atoms with Crippen LogP contribution in [0.25, 0.3) is 10.8 Å². The zero-order valence-electron chi connectivity index (χ0n) is 11.4. The molecule has 0 aliphatic heterocycles. The van der Waals surface area contributed by atoms with E-state index in [-0.39, 0.29) is 11.2 Å². The van der Waals surface area contributed by atoms with Crippen molar-refractivity contribution in [2.24, 2.45) is 0 Å². The number of rotatable bonds is 2. The fourth-order valence-electron chi connectivity index (χ4n) is 2.60. The minimum Gasteiger partial charge on any atom is -0.206 e. The van der Waals surface area contributed by atoms with Gasteiger partial charge in [0.1, 0.15) is 5.82 Å². The van der Waals surface area contributed by atoms with E-state index in [4.69, 9.17) is 11.6 Å². The highest BCUT2D eigenvalue weighted by molar-refractivity contribution is 9.10. The summed E-state index contributed by atoms with van der Waals surface area (Å²) in [7, 11) is 0. The van der Waals surface area contributed by atoms with Crippen LogP contribution in [-0.2, 0) is 0 Å². The molecule has 0 fully saturated rings. The lowest BCUT2D eigenvalue weighted by Gasteiger charge is -2.15.